The molecular weight excluding hydrogens is 368 g/mol. The van der Waals surface area contributed by atoms with E-state index >= 15 is 0 Å². The third kappa shape index (κ3) is 6.67. The molecule has 0 N–H and O–H groups in total. The van der Waals surface area contributed by atoms with Gasteiger partial charge < -0.3 is 9.53 Å². The standard InChI is InChI=1S/C25H31ClO2/c1-19(27)7-2-3-8-20-13-15-21(16-14-20)22-9-4-5-11-24(17-22)28-25-12-6-10-23(26)18-25/h6,10,12-16,18,22,24H,2-5,7-9,11,17H2,1H3. The number of hydrogen-bond acceptors (Lipinski definition) is 2. The molecule has 28 heavy (non-hydrogen) atoms. The van der Waals surface area contributed by atoms with Gasteiger partial charge in [-0.05, 0) is 87.1 Å². The van der Waals surface area contributed by atoms with E-state index in [0.717, 1.165) is 42.9 Å². The summed E-state index contributed by atoms with van der Waals surface area (Å²) in [5.41, 5.74) is 2.79. The van der Waals surface area contributed by atoms with Crippen LogP contribution in [0, 0.1) is 0 Å². The molecule has 0 amide bonds. The number of rotatable bonds is 8. The molecule has 0 spiro atoms. The third-order valence-corrected chi connectivity index (χ3v) is 5.91. The van der Waals surface area contributed by atoms with Crippen molar-refractivity contribution in [2.45, 2.75) is 76.7 Å². The molecule has 2 nitrogen and oxygen atoms in total. The molecule has 3 rings (SSSR count). The number of carbonyl (C=O) groups is 1. The quantitative estimate of drug-likeness (QED) is 0.349. The van der Waals surface area contributed by atoms with Gasteiger partial charge in [0.25, 0.3) is 0 Å². The van der Waals surface area contributed by atoms with E-state index in [1.165, 1.54) is 30.4 Å². The van der Waals surface area contributed by atoms with E-state index in [1.54, 1.807) is 6.92 Å². The maximum atomic E-state index is 11.0. The monoisotopic (exact) mass is 398 g/mol. The van der Waals surface area contributed by atoms with E-state index in [1.807, 2.05) is 24.3 Å². The Balaban J connectivity index is 1.56. The Morgan fingerprint density at radius 3 is 2.61 bits per heavy atom. The second kappa shape index (κ2) is 10.7. The second-order valence-electron chi connectivity index (χ2n) is 8.07. The molecule has 0 heterocycles. The predicted octanol–water partition coefficient (Wildman–Crippen LogP) is 7.14. The van der Waals surface area contributed by atoms with Gasteiger partial charge in [-0.25, -0.2) is 0 Å². The van der Waals surface area contributed by atoms with Gasteiger partial charge >= 0.3 is 0 Å². The average molecular weight is 399 g/mol. The number of halogens is 1. The smallest absolute Gasteiger partial charge is 0.129 e. The van der Waals surface area contributed by atoms with Gasteiger partial charge in [0.1, 0.15) is 11.5 Å². The number of hydrogen-bond donors (Lipinski definition) is 0. The summed E-state index contributed by atoms with van der Waals surface area (Å²) in [5, 5.41) is 0.724. The maximum Gasteiger partial charge on any atom is 0.129 e. The molecule has 2 atom stereocenters. The minimum absolute atomic E-state index is 0.247. The molecule has 0 radical (unpaired) electrons. The lowest BCUT2D eigenvalue weighted by Crippen LogP contribution is -2.18. The first kappa shape index (κ1) is 20.9. The fourth-order valence-electron chi connectivity index (χ4n) is 4.12. The number of benzene rings is 2. The lowest BCUT2D eigenvalue weighted by Gasteiger charge is -2.22. The van der Waals surface area contributed by atoms with Crippen molar-refractivity contribution in [3.8, 4) is 5.75 Å². The van der Waals surface area contributed by atoms with Crippen LogP contribution in [0.2, 0.25) is 5.02 Å². The summed E-state index contributed by atoms with van der Waals surface area (Å²) in [5.74, 6) is 1.72. The molecule has 2 unspecified atom stereocenters. The fraction of sp³-hybridized carbons (Fsp3) is 0.480. The maximum absolute atomic E-state index is 11.0. The molecule has 1 aliphatic rings. The molecule has 0 aromatic heterocycles. The van der Waals surface area contributed by atoms with Crippen LogP contribution in [-0.4, -0.2) is 11.9 Å². The van der Waals surface area contributed by atoms with Crippen LogP contribution in [0.3, 0.4) is 0 Å². The minimum Gasteiger partial charge on any atom is -0.490 e. The summed E-state index contributed by atoms with van der Waals surface area (Å²) in [4.78, 5) is 11.0. The lowest BCUT2D eigenvalue weighted by atomic mass is 9.90. The van der Waals surface area contributed by atoms with Gasteiger partial charge in [-0.2, -0.15) is 0 Å². The van der Waals surface area contributed by atoms with Crippen LogP contribution < -0.4 is 4.74 Å². The molecule has 3 heteroatoms. The molecule has 1 aliphatic carbocycles. The van der Waals surface area contributed by atoms with Gasteiger partial charge in [-0.3, -0.25) is 0 Å². The molecule has 1 saturated carbocycles. The summed E-state index contributed by atoms with van der Waals surface area (Å²) in [7, 11) is 0. The molecular formula is C25H31ClO2. The van der Waals surface area contributed by atoms with Gasteiger partial charge in [0.05, 0.1) is 6.10 Å². The summed E-state index contributed by atoms with van der Waals surface area (Å²) < 4.78 is 6.26. The van der Waals surface area contributed by atoms with Crippen molar-refractivity contribution in [3.63, 3.8) is 0 Å². The second-order valence-corrected chi connectivity index (χ2v) is 8.50. The van der Waals surface area contributed by atoms with Gasteiger partial charge in [0, 0.05) is 11.4 Å². The highest BCUT2D eigenvalue weighted by atomic mass is 35.5. The molecule has 150 valence electrons. The zero-order valence-corrected chi connectivity index (χ0v) is 17.6. The Morgan fingerprint density at radius 1 is 1.07 bits per heavy atom. The van der Waals surface area contributed by atoms with Crippen molar-refractivity contribution in [1.29, 1.82) is 0 Å². The van der Waals surface area contributed by atoms with E-state index < -0.39 is 0 Å². The van der Waals surface area contributed by atoms with Crippen LogP contribution in [0.5, 0.6) is 5.75 Å². The summed E-state index contributed by atoms with van der Waals surface area (Å²) >= 11 is 6.10. The zero-order valence-electron chi connectivity index (χ0n) is 16.8. The fourth-order valence-corrected chi connectivity index (χ4v) is 4.30. The lowest BCUT2D eigenvalue weighted by molar-refractivity contribution is -0.117. The highest BCUT2D eigenvalue weighted by molar-refractivity contribution is 6.30. The minimum atomic E-state index is 0.247. The molecule has 2 aromatic carbocycles. The van der Waals surface area contributed by atoms with Crippen molar-refractivity contribution in [3.05, 3.63) is 64.7 Å². The molecule has 0 bridgehead atoms. The summed E-state index contributed by atoms with van der Waals surface area (Å²) in [6.45, 7) is 1.67. The van der Waals surface area contributed by atoms with Crippen LogP contribution in [0.1, 0.15) is 75.3 Å². The van der Waals surface area contributed by atoms with Gasteiger partial charge in [0.15, 0.2) is 0 Å². The Morgan fingerprint density at radius 2 is 1.86 bits per heavy atom. The number of unbranched alkanes of at least 4 members (excludes halogenated alkanes) is 1. The molecule has 0 aliphatic heterocycles. The number of ketones is 1. The first-order valence-electron chi connectivity index (χ1n) is 10.6. The van der Waals surface area contributed by atoms with Crippen LogP contribution in [0.4, 0.5) is 0 Å². The first-order chi connectivity index (χ1) is 13.6. The highest BCUT2D eigenvalue weighted by Gasteiger charge is 2.23. The predicted molar refractivity (Wildman–Crippen MR) is 116 cm³/mol. The van der Waals surface area contributed by atoms with Gasteiger partial charge in [-0.1, -0.05) is 48.4 Å². The van der Waals surface area contributed by atoms with E-state index in [9.17, 15) is 4.79 Å². The van der Waals surface area contributed by atoms with E-state index in [4.69, 9.17) is 16.3 Å². The Hall–Kier alpha value is -1.80. The van der Waals surface area contributed by atoms with Crippen molar-refractivity contribution < 1.29 is 9.53 Å². The van der Waals surface area contributed by atoms with Crippen LogP contribution >= 0.6 is 11.6 Å². The molecule has 2 aromatic rings. The highest BCUT2D eigenvalue weighted by Crippen LogP contribution is 2.34. The number of aryl methyl sites for hydroxylation is 1. The van der Waals surface area contributed by atoms with Crippen molar-refractivity contribution in [2.75, 3.05) is 0 Å². The number of ether oxygens (including phenoxy) is 1. The Labute approximate surface area is 174 Å². The summed E-state index contributed by atoms with van der Waals surface area (Å²) in [6.07, 6.45) is 9.95. The van der Waals surface area contributed by atoms with Gasteiger partial charge in [0.2, 0.25) is 0 Å². The van der Waals surface area contributed by atoms with Gasteiger partial charge in [-0.15, -0.1) is 0 Å². The first-order valence-corrected chi connectivity index (χ1v) is 11.0. The molecule has 1 fully saturated rings. The van der Waals surface area contributed by atoms with Crippen LogP contribution in [-0.2, 0) is 11.2 Å². The van der Waals surface area contributed by atoms with E-state index in [2.05, 4.69) is 24.3 Å². The Kier molecular flexibility index (Phi) is 7.97. The average Bonchev–Trinajstić information content (AvgIpc) is 2.91. The molecule has 0 saturated heterocycles. The normalized spacial score (nSPS) is 19.8. The van der Waals surface area contributed by atoms with Crippen LogP contribution in [0.25, 0.3) is 0 Å². The zero-order chi connectivity index (χ0) is 19.8. The largest absolute Gasteiger partial charge is 0.490 e. The van der Waals surface area contributed by atoms with Crippen molar-refractivity contribution in [1.82, 2.24) is 0 Å². The third-order valence-electron chi connectivity index (χ3n) is 5.67. The van der Waals surface area contributed by atoms with Crippen LogP contribution in [0.15, 0.2) is 48.5 Å². The SMILES string of the molecule is CC(=O)CCCCc1ccc(C2CCCCC(Oc3cccc(Cl)c3)C2)cc1. The summed E-state index contributed by atoms with van der Waals surface area (Å²) in [6, 6.07) is 16.9. The number of Topliss-reactive ketones (excluding diaryl/α,β-unsaturated/α-hetero) is 1. The van der Waals surface area contributed by atoms with Crippen molar-refractivity contribution in [2.24, 2.45) is 0 Å². The Bertz CT molecular complexity index is 753. The number of carbonyl (C=O) groups excluding carboxylic acids is 1. The topological polar surface area (TPSA) is 26.3 Å². The van der Waals surface area contributed by atoms with E-state index in [0.29, 0.717) is 18.1 Å². The van der Waals surface area contributed by atoms with E-state index in [-0.39, 0.29) is 6.10 Å². The van der Waals surface area contributed by atoms with Crippen molar-refractivity contribution >= 4 is 17.4 Å².